The summed E-state index contributed by atoms with van der Waals surface area (Å²) in [6.07, 6.45) is 5.94. The fraction of sp³-hybridized carbons (Fsp3) is 0.422. The van der Waals surface area contributed by atoms with Crippen LogP contribution in [0.15, 0.2) is 48.6 Å². The summed E-state index contributed by atoms with van der Waals surface area (Å²) in [6.45, 7) is 11.8. The molecule has 2 aliphatic heterocycles. The number of imidazole rings is 2. The largest absolute Gasteiger partial charge is 0.491 e. The number of allylic oxidation sites excluding steroid dienone is 2. The molecule has 19 heteroatoms. The average Bonchev–Trinajstić information content (AvgIpc) is 4.05. The second-order valence-electron chi connectivity index (χ2n) is 16.0. The van der Waals surface area contributed by atoms with Crippen LogP contribution < -0.4 is 25.4 Å². The summed E-state index contributed by atoms with van der Waals surface area (Å²) in [5, 5.41) is 17.8. The summed E-state index contributed by atoms with van der Waals surface area (Å²) in [7, 11) is 0. The van der Waals surface area contributed by atoms with Gasteiger partial charge in [-0.05, 0) is 89.9 Å². The Kier molecular flexibility index (Phi) is 13.2. The Morgan fingerprint density at radius 2 is 1.31 bits per heavy atom. The Hall–Kier alpha value is -6.89. The quantitative estimate of drug-likeness (QED) is 0.0772. The van der Waals surface area contributed by atoms with Crippen molar-refractivity contribution in [3.8, 4) is 11.5 Å². The number of halogens is 1. The SMILES string of the molecule is CCn1nc(C)cc1C(=O)Nc1nc2cc(C=O)cc3c2n1C/C=C/Cn1c(NC(=O)c2cc(C)nn2CC)nc2cc(C(=O)NCCCN4CCC(F)CC4)cc(c21)OCCCO3. The van der Waals surface area contributed by atoms with Crippen LogP contribution in [0.2, 0.25) is 0 Å². The minimum absolute atomic E-state index is 0.176. The molecule has 4 aromatic heterocycles. The first-order valence-corrected chi connectivity index (χ1v) is 21.8. The lowest BCUT2D eigenvalue weighted by molar-refractivity contribution is 0.0947. The topological polar surface area (TPSA) is 197 Å². The van der Waals surface area contributed by atoms with E-state index in [0.717, 1.165) is 12.8 Å². The number of rotatable bonds is 12. The number of carbonyl (C=O) groups is 4. The van der Waals surface area contributed by atoms with Crippen molar-refractivity contribution >= 4 is 58.0 Å². The van der Waals surface area contributed by atoms with Crippen molar-refractivity contribution in [3.05, 3.63) is 82.5 Å². The van der Waals surface area contributed by atoms with Gasteiger partial charge in [0.25, 0.3) is 17.7 Å². The molecule has 18 nitrogen and oxygen atoms in total. The van der Waals surface area contributed by atoms with E-state index in [1.807, 2.05) is 49.0 Å². The number of alkyl halides is 1. The van der Waals surface area contributed by atoms with Gasteiger partial charge in [-0.3, -0.25) is 39.2 Å². The monoisotopic (exact) mass is 876 g/mol. The van der Waals surface area contributed by atoms with Crippen molar-refractivity contribution in [2.75, 3.05) is 50.0 Å². The van der Waals surface area contributed by atoms with Gasteiger partial charge in [0.05, 0.1) is 35.6 Å². The first-order chi connectivity index (χ1) is 31.0. The van der Waals surface area contributed by atoms with Crippen LogP contribution >= 0.6 is 0 Å². The molecular formula is C45H53FN12O6. The molecule has 2 aliphatic rings. The lowest BCUT2D eigenvalue weighted by atomic mass is 10.1. The number of amides is 3. The number of piperidine rings is 1. The number of nitrogens with one attached hydrogen (secondary N) is 3. The van der Waals surface area contributed by atoms with Gasteiger partial charge in [-0.15, -0.1) is 0 Å². The van der Waals surface area contributed by atoms with E-state index >= 15 is 0 Å². The summed E-state index contributed by atoms with van der Waals surface area (Å²) in [4.78, 5) is 65.2. The summed E-state index contributed by atoms with van der Waals surface area (Å²) < 4.78 is 33.3. The van der Waals surface area contributed by atoms with Crippen molar-refractivity contribution < 1.29 is 33.0 Å². The third kappa shape index (κ3) is 9.39. The molecule has 0 aliphatic carbocycles. The highest BCUT2D eigenvalue weighted by molar-refractivity contribution is 6.05. The molecule has 3 N–H and O–H groups in total. The standard InChI is InChI=1S/C45H53FN12O6/c1-5-57-35(21-28(3)52-57)42(61)50-44-48-33-23-30(27-59)24-37-39(33)55(44)15-7-8-16-56-40-34(49-45(56)51-43(62)36-22-29(4)53-58(36)6-2)25-31(26-38(40)64-20-10-19-63-37)41(60)47-13-9-14-54-17-11-32(46)12-18-54/h7-8,21-27,32H,5-6,9-20H2,1-4H3,(H,47,60)(H,48,50,61)(H,49,51,62)/b8-7+. The number of carbonyl (C=O) groups excluding carboxylic acids is 4. The fourth-order valence-electron chi connectivity index (χ4n) is 8.23. The predicted molar refractivity (Wildman–Crippen MR) is 238 cm³/mol. The van der Waals surface area contributed by atoms with Crippen LogP contribution in [0.1, 0.15) is 92.6 Å². The summed E-state index contributed by atoms with van der Waals surface area (Å²) >= 11 is 0. The maximum Gasteiger partial charge on any atom is 0.276 e. The zero-order valence-electron chi connectivity index (χ0n) is 36.5. The van der Waals surface area contributed by atoms with Crippen LogP contribution in [0, 0.1) is 13.8 Å². The molecule has 0 spiro atoms. The lowest BCUT2D eigenvalue weighted by Crippen LogP contribution is -2.36. The van der Waals surface area contributed by atoms with Crippen LogP contribution in [0.4, 0.5) is 16.3 Å². The third-order valence-corrected chi connectivity index (χ3v) is 11.4. The Morgan fingerprint density at radius 3 is 1.86 bits per heavy atom. The molecule has 3 amide bonds. The number of anilines is 2. The maximum atomic E-state index is 13.9. The molecule has 6 aromatic rings. The van der Waals surface area contributed by atoms with Crippen molar-refractivity contribution in [1.29, 1.82) is 0 Å². The van der Waals surface area contributed by atoms with Gasteiger partial charge in [0, 0.05) is 63.4 Å². The smallest absolute Gasteiger partial charge is 0.276 e. The Morgan fingerprint density at radius 1 is 0.766 bits per heavy atom. The molecule has 0 unspecified atom stereocenters. The van der Waals surface area contributed by atoms with Crippen LogP contribution in [-0.4, -0.2) is 113 Å². The minimum atomic E-state index is -0.744. The number of ether oxygens (including phenoxy) is 2. The van der Waals surface area contributed by atoms with Gasteiger partial charge < -0.3 is 28.8 Å². The number of nitrogens with zero attached hydrogens (tertiary/aromatic N) is 9. The molecular weight excluding hydrogens is 824 g/mol. The van der Waals surface area contributed by atoms with E-state index in [-0.39, 0.29) is 44.1 Å². The lowest BCUT2D eigenvalue weighted by Gasteiger charge is -2.28. The third-order valence-electron chi connectivity index (χ3n) is 11.4. The van der Waals surface area contributed by atoms with E-state index in [9.17, 15) is 23.6 Å². The maximum absolute atomic E-state index is 13.9. The molecule has 336 valence electrons. The van der Waals surface area contributed by atoms with Crippen molar-refractivity contribution in [2.45, 2.75) is 85.7 Å². The summed E-state index contributed by atoms with van der Waals surface area (Å²) in [6, 6.07) is 10.1. The average molecular weight is 877 g/mol. The van der Waals surface area contributed by atoms with E-state index in [1.54, 1.807) is 45.8 Å². The van der Waals surface area contributed by atoms with E-state index in [1.165, 1.54) is 0 Å². The molecule has 6 heterocycles. The molecule has 64 heavy (non-hydrogen) atoms. The number of aromatic nitrogens is 8. The van der Waals surface area contributed by atoms with Crippen LogP contribution in [0.5, 0.6) is 11.5 Å². The van der Waals surface area contributed by atoms with Crippen LogP contribution in [0.25, 0.3) is 22.1 Å². The molecule has 0 atom stereocenters. The van der Waals surface area contributed by atoms with Crippen LogP contribution in [0.3, 0.4) is 0 Å². The second-order valence-corrected chi connectivity index (χ2v) is 16.0. The highest BCUT2D eigenvalue weighted by Crippen LogP contribution is 2.34. The molecule has 2 aromatic carbocycles. The number of hydrogen-bond acceptors (Lipinski definition) is 11. The highest BCUT2D eigenvalue weighted by atomic mass is 19.1. The van der Waals surface area contributed by atoms with E-state index in [2.05, 4.69) is 31.0 Å². The minimum Gasteiger partial charge on any atom is -0.491 e. The molecule has 1 saturated heterocycles. The highest BCUT2D eigenvalue weighted by Gasteiger charge is 2.25. The van der Waals surface area contributed by atoms with Crippen LogP contribution in [-0.2, 0) is 26.2 Å². The number of hydrogen-bond donors (Lipinski definition) is 3. The number of benzene rings is 2. The van der Waals surface area contributed by atoms with E-state index < -0.39 is 18.0 Å². The zero-order valence-corrected chi connectivity index (χ0v) is 36.5. The molecule has 1 fully saturated rings. The van der Waals surface area contributed by atoms with Gasteiger partial charge >= 0.3 is 0 Å². The molecule has 8 rings (SSSR count). The van der Waals surface area contributed by atoms with Gasteiger partial charge in [-0.2, -0.15) is 10.2 Å². The summed E-state index contributed by atoms with van der Waals surface area (Å²) in [5.74, 6) is 0.141. The molecule has 0 radical (unpaired) electrons. The van der Waals surface area contributed by atoms with Gasteiger partial charge in [0.1, 0.15) is 46.4 Å². The van der Waals surface area contributed by atoms with E-state index in [0.29, 0.717) is 126 Å². The predicted octanol–water partition coefficient (Wildman–Crippen LogP) is 5.72. The second kappa shape index (κ2) is 19.2. The first-order valence-electron chi connectivity index (χ1n) is 21.8. The van der Waals surface area contributed by atoms with Gasteiger partial charge in [0.15, 0.2) is 0 Å². The zero-order chi connectivity index (χ0) is 44.9. The van der Waals surface area contributed by atoms with Crippen molar-refractivity contribution in [1.82, 2.24) is 48.9 Å². The first kappa shape index (κ1) is 43.7. The number of aryl methyl sites for hydroxylation is 4. The Balaban J connectivity index is 1.14. The molecule has 0 saturated carbocycles. The number of likely N-dealkylation sites (tertiary alicyclic amines) is 1. The van der Waals surface area contributed by atoms with Crippen molar-refractivity contribution in [3.63, 3.8) is 0 Å². The van der Waals surface area contributed by atoms with Crippen molar-refractivity contribution in [2.24, 2.45) is 0 Å². The van der Waals surface area contributed by atoms with E-state index in [4.69, 9.17) is 19.4 Å². The number of aldehydes is 1. The summed E-state index contributed by atoms with van der Waals surface area (Å²) in [5.41, 5.74) is 4.83. The van der Waals surface area contributed by atoms with Gasteiger partial charge in [0.2, 0.25) is 11.9 Å². The fourth-order valence-corrected chi connectivity index (χ4v) is 8.23. The van der Waals surface area contributed by atoms with Gasteiger partial charge in [-0.1, -0.05) is 12.2 Å². The Labute approximate surface area is 368 Å². The molecule has 0 bridgehead atoms. The van der Waals surface area contributed by atoms with Gasteiger partial charge in [-0.25, -0.2) is 14.4 Å². The Bertz CT molecular complexity index is 2740. The normalized spacial score (nSPS) is 15.5.